The average molecular weight is 474 g/mol. The molecule has 1 fully saturated rings. The molecule has 1 unspecified atom stereocenters. The maximum absolute atomic E-state index is 13.4. The van der Waals surface area contributed by atoms with Crippen molar-refractivity contribution in [2.45, 2.75) is 6.04 Å². The number of benzene rings is 1. The van der Waals surface area contributed by atoms with Gasteiger partial charge in [-0.15, -0.1) is 6.58 Å². The molecule has 9 nitrogen and oxygen atoms in total. The van der Waals surface area contributed by atoms with Crippen LogP contribution >= 0.6 is 11.6 Å². The number of halogens is 1. The van der Waals surface area contributed by atoms with Crippen LogP contribution in [0.2, 0.25) is 5.02 Å². The Morgan fingerprint density at radius 1 is 1.30 bits per heavy atom. The van der Waals surface area contributed by atoms with Gasteiger partial charge in [0.15, 0.2) is 0 Å². The molecule has 10 heteroatoms. The molecule has 33 heavy (non-hydrogen) atoms. The fourth-order valence-electron chi connectivity index (χ4n) is 4.34. The van der Waals surface area contributed by atoms with Crippen LogP contribution in [0.5, 0.6) is 0 Å². The molecule has 3 aliphatic heterocycles. The summed E-state index contributed by atoms with van der Waals surface area (Å²) in [5.41, 5.74) is 1.77. The summed E-state index contributed by atoms with van der Waals surface area (Å²) in [6, 6.07) is 6.11. The van der Waals surface area contributed by atoms with Crippen LogP contribution in [0.4, 0.5) is 4.79 Å². The van der Waals surface area contributed by atoms with E-state index in [1.807, 2.05) is 6.07 Å². The van der Waals surface area contributed by atoms with Crippen molar-refractivity contribution in [2.75, 3.05) is 59.0 Å². The standard InChI is InChI=1S/C23H28ClN5O4/c1-2-7-29-18-14-28(15-19(30)25-6-8-27-9-11-33-12-10-27)22(31)20(18)21(26-23(29)32)16-4-3-5-17(24)13-16/h2-5,13,21H,1,6-12,14-15H2,(H,25,30)(H,26,32). The highest BCUT2D eigenvalue weighted by Crippen LogP contribution is 2.36. The summed E-state index contributed by atoms with van der Waals surface area (Å²) in [5, 5.41) is 6.30. The maximum atomic E-state index is 13.4. The molecular weight excluding hydrogens is 446 g/mol. The number of hydrogen-bond donors (Lipinski definition) is 2. The van der Waals surface area contributed by atoms with Gasteiger partial charge >= 0.3 is 6.03 Å². The number of amides is 4. The van der Waals surface area contributed by atoms with Gasteiger partial charge in [0.1, 0.15) is 6.54 Å². The number of nitrogens with one attached hydrogen (secondary N) is 2. The van der Waals surface area contributed by atoms with Crippen molar-refractivity contribution < 1.29 is 19.1 Å². The molecule has 3 aliphatic rings. The Kier molecular flexibility index (Phi) is 7.32. The second-order valence-corrected chi connectivity index (χ2v) is 8.60. The van der Waals surface area contributed by atoms with E-state index in [1.54, 1.807) is 24.3 Å². The van der Waals surface area contributed by atoms with Crippen molar-refractivity contribution in [1.82, 2.24) is 25.3 Å². The SMILES string of the molecule is C=CCN1C(=O)NC(c2cccc(Cl)c2)C2=C1CN(CC(=O)NCCN1CCOCC1)C2=O. The lowest BCUT2D eigenvalue weighted by Gasteiger charge is -2.33. The molecule has 4 amide bonds. The molecule has 0 spiro atoms. The van der Waals surface area contributed by atoms with Gasteiger partial charge in [0.2, 0.25) is 5.91 Å². The summed E-state index contributed by atoms with van der Waals surface area (Å²) in [7, 11) is 0. The molecular formula is C23H28ClN5O4. The number of ether oxygens (including phenoxy) is 1. The van der Waals surface area contributed by atoms with Crippen LogP contribution in [0.3, 0.4) is 0 Å². The smallest absolute Gasteiger partial charge is 0.322 e. The number of carbonyl (C=O) groups excluding carboxylic acids is 3. The first-order chi connectivity index (χ1) is 16.0. The predicted octanol–water partition coefficient (Wildman–Crippen LogP) is 1.14. The molecule has 0 bridgehead atoms. The molecule has 1 aromatic carbocycles. The van der Waals surface area contributed by atoms with Crippen molar-refractivity contribution in [2.24, 2.45) is 0 Å². The highest BCUT2D eigenvalue weighted by atomic mass is 35.5. The molecule has 0 aliphatic carbocycles. The number of nitrogens with zero attached hydrogens (tertiary/aromatic N) is 3. The first-order valence-corrected chi connectivity index (χ1v) is 11.4. The van der Waals surface area contributed by atoms with Gasteiger partial charge in [-0.3, -0.25) is 19.4 Å². The Hall–Kier alpha value is -2.88. The highest BCUT2D eigenvalue weighted by Gasteiger charge is 2.44. The minimum atomic E-state index is -0.630. The van der Waals surface area contributed by atoms with Crippen molar-refractivity contribution in [3.05, 3.63) is 58.8 Å². The Labute approximate surface area is 198 Å². The second kappa shape index (κ2) is 10.4. The fraction of sp³-hybridized carbons (Fsp3) is 0.435. The largest absolute Gasteiger partial charge is 0.379 e. The average Bonchev–Trinajstić information content (AvgIpc) is 3.12. The third-order valence-corrected chi connectivity index (χ3v) is 6.21. The predicted molar refractivity (Wildman–Crippen MR) is 124 cm³/mol. The van der Waals surface area contributed by atoms with Gasteiger partial charge < -0.3 is 20.3 Å². The van der Waals surface area contributed by atoms with E-state index in [9.17, 15) is 14.4 Å². The normalized spacial score (nSPS) is 21.2. The number of hydrogen-bond acceptors (Lipinski definition) is 5. The minimum absolute atomic E-state index is 0.0761. The van der Waals surface area contributed by atoms with Gasteiger partial charge in [-0.1, -0.05) is 29.8 Å². The van der Waals surface area contributed by atoms with Gasteiger partial charge in [-0.05, 0) is 17.7 Å². The Balaban J connectivity index is 1.45. The first kappa shape index (κ1) is 23.3. The van der Waals surface area contributed by atoms with E-state index in [-0.39, 0.29) is 37.5 Å². The van der Waals surface area contributed by atoms with E-state index in [0.717, 1.165) is 19.6 Å². The Morgan fingerprint density at radius 2 is 2.09 bits per heavy atom. The monoisotopic (exact) mass is 473 g/mol. The van der Waals surface area contributed by atoms with Gasteiger partial charge in [-0.25, -0.2) is 4.79 Å². The fourth-order valence-corrected chi connectivity index (χ4v) is 4.54. The number of carbonyl (C=O) groups is 3. The van der Waals surface area contributed by atoms with E-state index >= 15 is 0 Å². The second-order valence-electron chi connectivity index (χ2n) is 8.16. The molecule has 176 valence electrons. The highest BCUT2D eigenvalue weighted by molar-refractivity contribution is 6.30. The van der Waals surface area contributed by atoms with Crippen LogP contribution in [0, 0.1) is 0 Å². The van der Waals surface area contributed by atoms with Gasteiger partial charge in [0.25, 0.3) is 5.91 Å². The minimum Gasteiger partial charge on any atom is -0.379 e. The summed E-state index contributed by atoms with van der Waals surface area (Å²) < 4.78 is 5.33. The van der Waals surface area contributed by atoms with Crippen LogP contribution < -0.4 is 10.6 Å². The van der Waals surface area contributed by atoms with Crippen molar-refractivity contribution >= 4 is 29.4 Å². The zero-order chi connectivity index (χ0) is 23.4. The van der Waals surface area contributed by atoms with E-state index in [1.165, 1.54) is 9.80 Å². The molecule has 0 saturated carbocycles. The zero-order valence-corrected chi connectivity index (χ0v) is 19.1. The van der Waals surface area contributed by atoms with Gasteiger partial charge in [0, 0.05) is 37.7 Å². The van der Waals surface area contributed by atoms with Gasteiger partial charge in [-0.2, -0.15) is 0 Å². The number of rotatable bonds is 8. The number of morpholine rings is 1. The van der Waals surface area contributed by atoms with Crippen LogP contribution in [-0.2, 0) is 14.3 Å². The van der Waals surface area contributed by atoms with Crippen molar-refractivity contribution in [1.29, 1.82) is 0 Å². The third-order valence-electron chi connectivity index (χ3n) is 5.98. The molecule has 3 heterocycles. The van der Waals surface area contributed by atoms with Crippen LogP contribution in [-0.4, -0.2) is 91.6 Å². The molecule has 1 atom stereocenters. The molecule has 2 N–H and O–H groups in total. The molecule has 1 saturated heterocycles. The number of urea groups is 1. The summed E-state index contributed by atoms with van der Waals surface area (Å²) in [6.07, 6.45) is 1.61. The van der Waals surface area contributed by atoms with E-state index in [2.05, 4.69) is 22.1 Å². The summed E-state index contributed by atoms with van der Waals surface area (Å²) in [4.78, 5) is 43.9. The van der Waals surface area contributed by atoms with E-state index in [0.29, 0.717) is 41.6 Å². The quantitative estimate of drug-likeness (QED) is 0.552. The Morgan fingerprint density at radius 3 is 2.82 bits per heavy atom. The lowest BCUT2D eigenvalue weighted by Crippen LogP contribution is -2.47. The molecule has 1 aromatic rings. The zero-order valence-electron chi connectivity index (χ0n) is 18.4. The molecule has 4 rings (SSSR count). The Bertz CT molecular complexity index is 975. The third kappa shape index (κ3) is 5.21. The lowest BCUT2D eigenvalue weighted by molar-refractivity contribution is -0.131. The van der Waals surface area contributed by atoms with Crippen LogP contribution in [0.1, 0.15) is 11.6 Å². The van der Waals surface area contributed by atoms with Crippen LogP contribution in [0.25, 0.3) is 0 Å². The van der Waals surface area contributed by atoms with E-state index < -0.39 is 6.04 Å². The van der Waals surface area contributed by atoms with Crippen molar-refractivity contribution in [3.63, 3.8) is 0 Å². The molecule has 0 aromatic heterocycles. The summed E-state index contributed by atoms with van der Waals surface area (Å²) in [5.74, 6) is -0.502. The lowest BCUT2D eigenvalue weighted by atomic mass is 9.95. The topological polar surface area (TPSA) is 94.2 Å². The first-order valence-electron chi connectivity index (χ1n) is 11.0. The molecule has 0 radical (unpaired) electrons. The van der Waals surface area contributed by atoms with Crippen LogP contribution in [0.15, 0.2) is 48.2 Å². The summed E-state index contributed by atoms with van der Waals surface area (Å²) in [6.45, 7) is 8.43. The summed E-state index contributed by atoms with van der Waals surface area (Å²) >= 11 is 6.15. The van der Waals surface area contributed by atoms with Gasteiger partial charge in [0.05, 0.1) is 37.1 Å². The van der Waals surface area contributed by atoms with Crippen molar-refractivity contribution in [3.8, 4) is 0 Å². The van der Waals surface area contributed by atoms with E-state index in [4.69, 9.17) is 16.3 Å². The maximum Gasteiger partial charge on any atom is 0.322 e.